The molecule has 4 atom stereocenters. The Hall–Kier alpha value is -1.02. The first kappa shape index (κ1) is 32.9. The van der Waals surface area contributed by atoms with Crippen LogP contribution in [0.4, 0.5) is 26.3 Å². The molecule has 2 aromatic rings. The van der Waals surface area contributed by atoms with Gasteiger partial charge in [0, 0.05) is 59.4 Å². The average molecular weight is 670 g/mol. The second-order valence-electron chi connectivity index (χ2n) is 9.84. The maximum absolute atomic E-state index is 14.0. The van der Waals surface area contributed by atoms with Crippen molar-refractivity contribution in [2.24, 2.45) is 0 Å². The minimum atomic E-state index is -5.05. The van der Waals surface area contributed by atoms with Crippen LogP contribution in [0.5, 0.6) is 0 Å². The molecule has 228 valence electrons. The van der Waals surface area contributed by atoms with Gasteiger partial charge in [0.15, 0.2) is 12.2 Å². The third-order valence-electron chi connectivity index (χ3n) is 6.72. The molecule has 2 aromatic carbocycles. The molecule has 2 aliphatic rings. The van der Waals surface area contributed by atoms with Crippen molar-refractivity contribution in [2.75, 3.05) is 52.5 Å². The number of benzene rings is 2. The van der Waals surface area contributed by atoms with Crippen molar-refractivity contribution in [1.29, 1.82) is 0 Å². The van der Waals surface area contributed by atoms with E-state index in [1.807, 2.05) is 0 Å². The molecule has 2 heterocycles. The molecule has 0 saturated carbocycles. The second-order valence-corrected chi connectivity index (χ2v) is 11.6. The molecule has 0 spiro atoms. The van der Waals surface area contributed by atoms with E-state index >= 15 is 0 Å². The van der Waals surface area contributed by atoms with E-state index in [0.717, 1.165) is 0 Å². The lowest BCUT2D eigenvalue weighted by molar-refractivity contribution is -0.292. The maximum Gasteiger partial charge on any atom is 0.415 e. The predicted octanol–water partition coefficient (Wildman–Crippen LogP) is 7.63. The van der Waals surface area contributed by atoms with Crippen LogP contribution in [-0.4, -0.2) is 86.8 Å². The van der Waals surface area contributed by atoms with Crippen LogP contribution in [0.15, 0.2) is 36.4 Å². The normalized spacial score (nSPS) is 23.0. The first-order valence-electron chi connectivity index (χ1n) is 12.6. The predicted molar refractivity (Wildman–Crippen MR) is 144 cm³/mol. The third kappa shape index (κ3) is 9.48. The number of rotatable bonds is 8. The van der Waals surface area contributed by atoms with Gasteiger partial charge in [0.2, 0.25) is 0 Å². The Morgan fingerprint density at radius 1 is 0.659 bits per heavy atom. The molecule has 0 radical (unpaired) electrons. The Kier molecular flexibility index (Phi) is 11.0. The van der Waals surface area contributed by atoms with Gasteiger partial charge in [0.05, 0.1) is 25.4 Å². The van der Waals surface area contributed by atoms with Gasteiger partial charge in [-0.2, -0.15) is 26.3 Å². The van der Waals surface area contributed by atoms with Crippen LogP contribution < -0.4 is 0 Å². The molecule has 0 amide bonds. The summed E-state index contributed by atoms with van der Waals surface area (Å²) < 4.78 is 100. The van der Waals surface area contributed by atoms with Crippen LogP contribution in [0.2, 0.25) is 20.1 Å². The van der Waals surface area contributed by atoms with Crippen LogP contribution >= 0.6 is 46.4 Å². The highest BCUT2D eigenvalue weighted by Gasteiger charge is 2.50. The van der Waals surface area contributed by atoms with Gasteiger partial charge >= 0.3 is 12.4 Å². The van der Waals surface area contributed by atoms with E-state index in [2.05, 4.69) is 0 Å². The largest absolute Gasteiger partial charge is 0.415 e. The fraction of sp³-hybridized carbons (Fsp3) is 0.538. The summed E-state index contributed by atoms with van der Waals surface area (Å²) in [5, 5.41) is 1.28. The quantitative estimate of drug-likeness (QED) is 0.270. The SMILES string of the molecule is FC(F)(F)[C@H](CN1CCO[C@H](c2cc(Cl)cc(Cl)c2)C1)O[C@@H](CN1CCO[C@H](c2cc(Cl)cc(Cl)c2)C1)C(F)(F)F. The molecular formula is C26H26Cl4F6N2O3. The Balaban J connectivity index is 1.45. The highest BCUT2D eigenvalue weighted by Crippen LogP contribution is 2.34. The zero-order chi connectivity index (χ0) is 29.9. The number of halogens is 10. The van der Waals surface area contributed by atoms with Gasteiger partial charge in [-0.3, -0.25) is 9.80 Å². The average Bonchev–Trinajstić information content (AvgIpc) is 2.86. The molecule has 0 bridgehead atoms. The van der Waals surface area contributed by atoms with Gasteiger partial charge in [-0.05, 0) is 47.5 Å². The van der Waals surface area contributed by atoms with E-state index in [-0.39, 0.29) is 39.4 Å². The Morgan fingerprint density at radius 3 is 1.32 bits per heavy atom. The lowest BCUT2D eigenvalue weighted by atomic mass is 10.1. The summed E-state index contributed by atoms with van der Waals surface area (Å²) in [6, 6.07) is 9.30. The minimum Gasteiger partial charge on any atom is -0.371 e. The Bertz CT molecular complexity index is 1060. The summed E-state index contributed by atoms with van der Waals surface area (Å²) in [6.45, 7) is -1.38. The van der Waals surface area contributed by atoms with Crippen LogP contribution in [0, 0.1) is 0 Å². The Morgan fingerprint density at radius 2 is 1.00 bits per heavy atom. The lowest BCUT2D eigenvalue weighted by Crippen LogP contribution is -2.53. The fourth-order valence-corrected chi connectivity index (χ4v) is 5.86. The lowest BCUT2D eigenvalue weighted by Gasteiger charge is -2.39. The van der Waals surface area contributed by atoms with Crippen LogP contribution in [-0.2, 0) is 14.2 Å². The molecule has 2 aliphatic heterocycles. The van der Waals surface area contributed by atoms with Gasteiger partial charge in [-0.1, -0.05) is 46.4 Å². The van der Waals surface area contributed by atoms with Gasteiger partial charge in [-0.15, -0.1) is 0 Å². The van der Waals surface area contributed by atoms with Crippen molar-refractivity contribution in [1.82, 2.24) is 9.80 Å². The number of ether oxygens (including phenoxy) is 3. The molecular weight excluding hydrogens is 644 g/mol. The van der Waals surface area contributed by atoms with Gasteiger partial charge < -0.3 is 14.2 Å². The molecule has 5 nitrogen and oxygen atoms in total. The van der Waals surface area contributed by atoms with E-state index < -0.39 is 49.9 Å². The maximum atomic E-state index is 14.0. The van der Waals surface area contributed by atoms with Crippen molar-refractivity contribution in [2.45, 2.75) is 36.8 Å². The van der Waals surface area contributed by atoms with Crippen LogP contribution in [0.25, 0.3) is 0 Å². The number of morpholine rings is 2. The third-order valence-corrected chi connectivity index (χ3v) is 7.59. The summed E-state index contributed by atoms with van der Waals surface area (Å²) in [7, 11) is 0. The highest BCUT2D eigenvalue weighted by molar-refractivity contribution is 6.35. The zero-order valence-corrected chi connectivity index (χ0v) is 24.4. The number of nitrogens with zero attached hydrogens (tertiary/aromatic N) is 2. The molecule has 0 aliphatic carbocycles. The summed E-state index contributed by atoms with van der Waals surface area (Å²) in [5.41, 5.74) is 1.10. The number of alkyl halides is 6. The number of hydrogen-bond donors (Lipinski definition) is 0. The first-order valence-corrected chi connectivity index (χ1v) is 14.1. The molecule has 4 rings (SSSR count). The molecule has 0 unspecified atom stereocenters. The summed E-state index contributed by atoms with van der Waals surface area (Å²) in [6.07, 6.45) is -16.8. The van der Waals surface area contributed by atoms with Crippen molar-refractivity contribution >= 4 is 46.4 Å². The van der Waals surface area contributed by atoms with Crippen molar-refractivity contribution in [3.8, 4) is 0 Å². The van der Waals surface area contributed by atoms with E-state index in [0.29, 0.717) is 31.2 Å². The Labute approximate surface area is 253 Å². The highest BCUT2D eigenvalue weighted by atomic mass is 35.5. The molecule has 15 heteroatoms. The van der Waals surface area contributed by atoms with E-state index in [4.69, 9.17) is 60.6 Å². The standard InChI is InChI=1S/C26H26Cl4F6N2O3/c27-17-5-15(6-18(28)9-17)21-11-37(1-3-39-21)13-23(25(31,32)33)41-24(26(34,35)36)14-38-2-4-40-22(12-38)16-7-19(29)10-20(30)8-16/h5-10,21-24H,1-4,11-14H2/t21-,22-,23-,24-/m0/s1. The van der Waals surface area contributed by atoms with Crippen molar-refractivity contribution in [3.63, 3.8) is 0 Å². The summed E-state index contributed by atoms with van der Waals surface area (Å²) >= 11 is 24.1. The molecule has 0 N–H and O–H groups in total. The van der Waals surface area contributed by atoms with E-state index in [9.17, 15) is 26.3 Å². The van der Waals surface area contributed by atoms with Crippen LogP contribution in [0.1, 0.15) is 23.3 Å². The zero-order valence-electron chi connectivity index (χ0n) is 21.3. The van der Waals surface area contributed by atoms with Crippen molar-refractivity contribution < 1.29 is 40.6 Å². The smallest absolute Gasteiger partial charge is 0.371 e. The molecule has 2 fully saturated rings. The van der Waals surface area contributed by atoms with Crippen LogP contribution in [0.3, 0.4) is 0 Å². The monoisotopic (exact) mass is 668 g/mol. The number of hydrogen-bond acceptors (Lipinski definition) is 5. The molecule has 2 saturated heterocycles. The second kappa shape index (κ2) is 13.7. The summed E-state index contributed by atoms with van der Waals surface area (Å²) in [4.78, 5) is 2.73. The first-order chi connectivity index (χ1) is 19.2. The minimum absolute atomic E-state index is 0.0172. The molecule has 0 aromatic heterocycles. The fourth-order valence-electron chi connectivity index (χ4n) is 4.78. The molecule has 41 heavy (non-hydrogen) atoms. The van der Waals surface area contributed by atoms with E-state index in [1.54, 1.807) is 24.3 Å². The topological polar surface area (TPSA) is 34.2 Å². The summed E-state index contributed by atoms with van der Waals surface area (Å²) in [5.74, 6) is 0. The van der Waals surface area contributed by atoms with Gasteiger partial charge in [0.1, 0.15) is 0 Å². The van der Waals surface area contributed by atoms with Gasteiger partial charge in [-0.25, -0.2) is 0 Å². The van der Waals surface area contributed by atoms with Gasteiger partial charge in [0.25, 0.3) is 0 Å². The van der Waals surface area contributed by atoms with E-state index in [1.165, 1.54) is 21.9 Å². The van der Waals surface area contributed by atoms with Crippen molar-refractivity contribution in [3.05, 3.63) is 67.6 Å².